The maximum absolute atomic E-state index is 12.6. The van der Waals surface area contributed by atoms with Gasteiger partial charge in [-0.05, 0) is 103 Å². The summed E-state index contributed by atoms with van der Waals surface area (Å²) in [4.78, 5) is 12.6. The Morgan fingerprint density at radius 2 is 1.85 bits per heavy atom. The van der Waals surface area contributed by atoms with E-state index in [4.69, 9.17) is 16.3 Å². The molecule has 0 radical (unpaired) electrons. The van der Waals surface area contributed by atoms with Crippen LogP contribution in [0.1, 0.15) is 11.1 Å². The molecule has 4 rings (SSSR count). The van der Waals surface area contributed by atoms with Crippen LogP contribution in [-0.4, -0.2) is 5.91 Å². The van der Waals surface area contributed by atoms with Crippen LogP contribution in [0.5, 0.6) is 5.75 Å². The second-order valence-corrected chi connectivity index (χ2v) is 9.87. The molecule has 0 aliphatic heterocycles. The Kier molecular flexibility index (Phi) is 7.88. The van der Waals surface area contributed by atoms with Crippen LogP contribution < -0.4 is 10.1 Å². The number of nitrogens with one attached hydrogen (secondary N) is 1. The largest absolute Gasteiger partial charge is 0.487 e. The molecule has 4 nitrogen and oxygen atoms in total. The van der Waals surface area contributed by atoms with Gasteiger partial charge >= 0.3 is 0 Å². The highest BCUT2D eigenvalue weighted by atomic mass is 127. The Hall–Kier alpha value is -2.86. The van der Waals surface area contributed by atoms with Crippen LogP contribution in [0.25, 0.3) is 16.8 Å². The molecule has 0 aliphatic carbocycles. The third-order valence-electron chi connectivity index (χ3n) is 4.98. The zero-order valence-electron chi connectivity index (χ0n) is 17.7. The minimum Gasteiger partial charge on any atom is -0.487 e. The van der Waals surface area contributed by atoms with E-state index in [-0.39, 0.29) is 5.57 Å². The highest BCUT2D eigenvalue weighted by Gasteiger charge is 2.13. The Balaban J connectivity index is 1.50. The van der Waals surface area contributed by atoms with E-state index >= 15 is 0 Å². The van der Waals surface area contributed by atoms with Gasteiger partial charge in [0.05, 0.1) is 8.04 Å². The van der Waals surface area contributed by atoms with Crippen molar-refractivity contribution >= 4 is 78.6 Å². The predicted octanol–water partition coefficient (Wildman–Crippen LogP) is 7.98. The number of anilines is 1. The number of amides is 1. The number of ether oxygens (including phenoxy) is 1. The average Bonchev–Trinajstić information content (AvgIpc) is 2.82. The summed E-state index contributed by atoms with van der Waals surface area (Å²) in [5.41, 5.74) is 2.27. The number of rotatable bonds is 6. The summed E-state index contributed by atoms with van der Waals surface area (Å²) in [6.45, 7) is 0.417. The SMILES string of the molecule is N#C/C(=C\c1cc(Br)c(OCc2ccc3ccccc3c2)c(I)c1)C(=O)Nc1cccc(Cl)c1. The molecule has 0 bridgehead atoms. The second-order valence-electron chi connectivity index (χ2n) is 7.42. The molecule has 168 valence electrons. The number of carbonyl (C=O) groups is 1. The van der Waals surface area contributed by atoms with Gasteiger partial charge in [0.15, 0.2) is 0 Å². The Labute approximate surface area is 224 Å². The Bertz CT molecular complexity index is 1440. The molecule has 0 saturated carbocycles. The summed E-state index contributed by atoms with van der Waals surface area (Å²) in [6, 6.07) is 26.9. The minimum absolute atomic E-state index is 0.0208. The summed E-state index contributed by atoms with van der Waals surface area (Å²) >= 11 is 11.7. The molecule has 0 fully saturated rings. The minimum atomic E-state index is -0.507. The molecule has 0 saturated heterocycles. The van der Waals surface area contributed by atoms with Crippen molar-refractivity contribution in [2.45, 2.75) is 6.61 Å². The molecule has 7 heteroatoms. The van der Waals surface area contributed by atoms with Crippen LogP contribution in [0.3, 0.4) is 0 Å². The van der Waals surface area contributed by atoms with Crippen molar-refractivity contribution < 1.29 is 9.53 Å². The quantitative estimate of drug-likeness (QED) is 0.132. The monoisotopic (exact) mass is 642 g/mol. The number of halogens is 3. The smallest absolute Gasteiger partial charge is 0.266 e. The van der Waals surface area contributed by atoms with Crippen LogP contribution in [0, 0.1) is 14.9 Å². The fraction of sp³-hybridized carbons (Fsp3) is 0.0370. The maximum atomic E-state index is 12.6. The topological polar surface area (TPSA) is 62.1 Å². The number of nitrogens with zero attached hydrogens (tertiary/aromatic N) is 1. The van der Waals surface area contributed by atoms with Gasteiger partial charge in [0.2, 0.25) is 0 Å². The first-order valence-corrected chi connectivity index (χ1v) is 12.5. The number of nitriles is 1. The molecular formula is C27H17BrClIN2O2. The third-order valence-corrected chi connectivity index (χ3v) is 6.60. The fourth-order valence-electron chi connectivity index (χ4n) is 3.36. The highest BCUT2D eigenvalue weighted by Crippen LogP contribution is 2.33. The van der Waals surface area contributed by atoms with Crippen molar-refractivity contribution in [3.05, 3.63) is 109 Å². The molecule has 0 heterocycles. The lowest BCUT2D eigenvalue weighted by molar-refractivity contribution is -0.112. The van der Waals surface area contributed by atoms with Crippen LogP contribution in [0.15, 0.2) is 88.9 Å². The number of fused-ring (bicyclic) bond motifs is 1. The summed E-state index contributed by atoms with van der Waals surface area (Å²) in [7, 11) is 0. The molecule has 0 unspecified atom stereocenters. The van der Waals surface area contributed by atoms with E-state index in [0.717, 1.165) is 19.0 Å². The molecule has 1 N–H and O–H groups in total. The summed E-state index contributed by atoms with van der Waals surface area (Å²) in [6.07, 6.45) is 1.54. The van der Waals surface area contributed by atoms with Crippen molar-refractivity contribution in [1.29, 1.82) is 5.26 Å². The zero-order valence-corrected chi connectivity index (χ0v) is 22.2. The van der Waals surface area contributed by atoms with E-state index in [2.05, 4.69) is 74.2 Å². The third kappa shape index (κ3) is 5.98. The first-order valence-electron chi connectivity index (χ1n) is 10.2. The van der Waals surface area contributed by atoms with Gasteiger partial charge in [0.1, 0.15) is 24.0 Å². The highest BCUT2D eigenvalue weighted by molar-refractivity contribution is 14.1. The molecular weight excluding hydrogens is 627 g/mol. The standard InChI is InChI=1S/C27H17BrClIN2O2/c28-24-12-18(11-21(15-31)27(33)32-23-7-3-6-22(29)14-23)13-25(30)26(24)34-16-17-8-9-19-4-1-2-5-20(19)10-17/h1-14H,16H2,(H,32,33)/b21-11+. The molecule has 0 aliphatic rings. The first kappa shape index (κ1) is 24.3. The summed E-state index contributed by atoms with van der Waals surface area (Å²) < 4.78 is 7.68. The van der Waals surface area contributed by atoms with E-state index in [1.165, 1.54) is 5.39 Å². The summed E-state index contributed by atoms with van der Waals surface area (Å²) in [5, 5.41) is 15.1. The van der Waals surface area contributed by atoms with Crippen LogP contribution >= 0.6 is 50.1 Å². The number of carbonyl (C=O) groups excluding carboxylic acids is 1. The van der Waals surface area contributed by atoms with Crippen molar-refractivity contribution in [1.82, 2.24) is 0 Å². The molecule has 0 atom stereocenters. The molecule has 4 aromatic carbocycles. The lowest BCUT2D eigenvalue weighted by atomic mass is 10.1. The van der Waals surface area contributed by atoms with E-state index in [1.54, 1.807) is 30.3 Å². The average molecular weight is 644 g/mol. The van der Waals surface area contributed by atoms with Crippen molar-refractivity contribution in [2.75, 3.05) is 5.32 Å². The van der Waals surface area contributed by atoms with Gasteiger partial charge in [-0.25, -0.2) is 0 Å². The van der Waals surface area contributed by atoms with Crippen LogP contribution in [-0.2, 0) is 11.4 Å². The molecule has 0 aromatic heterocycles. The van der Waals surface area contributed by atoms with Gasteiger partial charge in [-0.15, -0.1) is 0 Å². The van der Waals surface area contributed by atoms with Gasteiger partial charge in [-0.2, -0.15) is 5.26 Å². The van der Waals surface area contributed by atoms with Gasteiger partial charge in [0, 0.05) is 10.7 Å². The molecule has 0 spiro atoms. The second kappa shape index (κ2) is 11.0. The Morgan fingerprint density at radius 1 is 1.06 bits per heavy atom. The summed E-state index contributed by atoms with van der Waals surface area (Å²) in [5.74, 6) is 0.195. The maximum Gasteiger partial charge on any atom is 0.266 e. The van der Waals surface area contributed by atoms with Gasteiger partial charge in [-0.1, -0.05) is 54.1 Å². The number of benzene rings is 4. The lowest BCUT2D eigenvalue weighted by Crippen LogP contribution is -2.13. The first-order chi connectivity index (χ1) is 16.4. The molecule has 1 amide bonds. The van der Waals surface area contributed by atoms with Crippen LogP contribution in [0.2, 0.25) is 5.02 Å². The number of hydrogen-bond acceptors (Lipinski definition) is 3. The van der Waals surface area contributed by atoms with Gasteiger partial charge < -0.3 is 10.1 Å². The van der Waals surface area contributed by atoms with Crippen molar-refractivity contribution in [2.24, 2.45) is 0 Å². The normalized spacial score (nSPS) is 11.2. The van der Waals surface area contributed by atoms with Crippen molar-refractivity contribution in [3.63, 3.8) is 0 Å². The Morgan fingerprint density at radius 3 is 2.59 bits per heavy atom. The van der Waals surface area contributed by atoms with E-state index < -0.39 is 5.91 Å². The van der Waals surface area contributed by atoms with E-state index in [1.807, 2.05) is 30.3 Å². The fourth-order valence-corrected chi connectivity index (χ4v) is 5.32. The number of hydrogen-bond donors (Lipinski definition) is 1. The molecule has 34 heavy (non-hydrogen) atoms. The van der Waals surface area contributed by atoms with Gasteiger partial charge in [0.25, 0.3) is 5.91 Å². The zero-order chi connectivity index (χ0) is 24.1. The predicted molar refractivity (Wildman–Crippen MR) is 149 cm³/mol. The van der Waals surface area contributed by atoms with Crippen molar-refractivity contribution in [3.8, 4) is 11.8 Å². The van der Waals surface area contributed by atoms with Gasteiger partial charge in [-0.3, -0.25) is 4.79 Å². The van der Waals surface area contributed by atoms with E-state index in [0.29, 0.717) is 28.6 Å². The lowest BCUT2D eigenvalue weighted by Gasteiger charge is -2.12. The van der Waals surface area contributed by atoms with Crippen LogP contribution in [0.4, 0.5) is 5.69 Å². The molecule has 4 aromatic rings. The van der Waals surface area contributed by atoms with E-state index in [9.17, 15) is 10.1 Å².